The minimum Gasteiger partial charge on any atom is -0.323 e. The van der Waals surface area contributed by atoms with Crippen molar-refractivity contribution in [3.63, 3.8) is 0 Å². The van der Waals surface area contributed by atoms with Gasteiger partial charge in [0, 0.05) is 21.8 Å². The number of hydrogen-bond acceptors (Lipinski definition) is 5. The molecule has 5 nitrogen and oxygen atoms in total. The second-order valence-electron chi connectivity index (χ2n) is 5.19. The van der Waals surface area contributed by atoms with E-state index in [4.69, 9.17) is 35.4 Å². The molecule has 2 aromatic rings. The van der Waals surface area contributed by atoms with Crippen LogP contribution in [0, 0.1) is 0 Å². The van der Waals surface area contributed by atoms with E-state index in [-0.39, 0.29) is 18.4 Å². The van der Waals surface area contributed by atoms with Gasteiger partial charge in [-0.25, -0.2) is 0 Å². The third-order valence-electron chi connectivity index (χ3n) is 3.40. The second kappa shape index (κ2) is 8.18. The summed E-state index contributed by atoms with van der Waals surface area (Å²) in [7, 11) is 0. The van der Waals surface area contributed by atoms with Gasteiger partial charge in [0.25, 0.3) is 5.91 Å². The molecule has 0 atom stereocenters. The summed E-state index contributed by atoms with van der Waals surface area (Å²) < 4.78 is 0.297. The molecule has 1 aromatic heterocycles. The second-order valence-corrected chi connectivity index (χ2v) is 7.68. The summed E-state index contributed by atoms with van der Waals surface area (Å²) in [6, 6.07) is 8.48. The number of rotatable bonds is 4. The molecule has 1 N–H and O–H groups in total. The van der Waals surface area contributed by atoms with Crippen LogP contribution in [0.15, 0.2) is 47.6 Å². The van der Waals surface area contributed by atoms with Gasteiger partial charge in [-0.1, -0.05) is 53.2 Å². The number of hydrogen-bond donors (Lipinski definition) is 1. The third kappa shape index (κ3) is 4.24. The van der Waals surface area contributed by atoms with E-state index >= 15 is 0 Å². The van der Waals surface area contributed by atoms with Crippen molar-refractivity contribution < 1.29 is 9.59 Å². The standard InChI is InChI=1S/C17H11Cl2N3O2S2/c18-12-4-1-5-13(19)11(12)7-14-16(24)22(17(25)26-14)9-15(23)21-10-3-2-6-20-8-10/h1-8H,9H2,(H,21,23). The molecule has 2 amide bonds. The number of amides is 2. The van der Waals surface area contributed by atoms with E-state index in [2.05, 4.69) is 10.3 Å². The van der Waals surface area contributed by atoms with Gasteiger partial charge < -0.3 is 5.32 Å². The highest BCUT2D eigenvalue weighted by atomic mass is 35.5. The summed E-state index contributed by atoms with van der Waals surface area (Å²) in [5.74, 6) is -0.733. The van der Waals surface area contributed by atoms with Crippen LogP contribution >= 0.6 is 47.2 Å². The molecule has 132 valence electrons. The van der Waals surface area contributed by atoms with Crippen molar-refractivity contribution in [2.45, 2.75) is 0 Å². The van der Waals surface area contributed by atoms with E-state index in [1.165, 1.54) is 11.1 Å². The first kappa shape index (κ1) is 18.8. The molecule has 0 aliphatic carbocycles. The molecular weight excluding hydrogens is 413 g/mol. The number of aromatic nitrogens is 1. The highest BCUT2D eigenvalue weighted by molar-refractivity contribution is 8.26. The lowest BCUT2D eigenvalue weighted by Crippen LogP contribution is -2.36. The van der Waals surface area contributed by atoms with Crippen molar-refractivity contribution in [3.05, 3.63) is 63.2 Å². The van der Waals surface area contributed by atoms with E-state index in [1.54, 1.807) is 42.6 Å². The topological polar surface area (TPSA) is 62.3 Å². The Morgan fingerprint density at radius 3 is 2.65 bits per heavy atom. The predicted octanol–water partition coefficient (Wildman–Crippen LogP) is 4.23. The normalized spacial score (nSPS) is 15.6. The number of benzene rings is 1. The first-order valence-corrected chi connectivity index (χ1v) is 9.33. The van der Waals surface area contributed by atoms with Crippen LogP contribution in [-0.2, 0) is 9.59 Å². The quantitative estimate of drug-likeness (QED) is 0.588. The lowest BCUT2D eigenvalue weighted by Gasteiger charge is -2.14. The molecule has 26 heavy (non-hydrogen) atoms. The smallest absolute Gasteiger partial charge is 0.266 e. The average molecular weight is 424 g/mol. The molecule has 9 heteroatoms. The number of pyridine rings is 1. The van der Waals surface area contributed by atoms with Crippen LogP contribution in [0.25, 0.3) is 6.08 Å². The zero-order valence-corrected chi connectivity index (χ0v) is 16.3. The minimum absolute atomic E-state index is 0.187. The molecule has 0 spiro atoms. The fourth-order valence-electron chi connectivity index (χ4n) is 2.20. The van der Waals surface area contributed by atoms with E-state index in [1.807, 2.05) is 0 Å². The Balaban J connectivity index is 1.75. The largest absolute Gasteiger partial charge is 0.323 e. The van der Waals surface area contributed by atoms with Gasteiger partial charge in [-0.05, 0) is 30.3 Å². The van der Waals surface area contributed by atoms with E-state index in [9.17, 15) is 9.59 Å². The molecule has 1 aliphatic rings. The van der Waals surface area contributed by atoms with Crippen molar-refractivity contribution in [2.24, 2.45) is 0 Å². The van der Waals surface area contributed by atoms with Gasteiger partial charge in [0.1, 0.15) is 10.9 Å². The number of thioether (sulfide) groups is 1. The first-order chi connectivity index (χ1) is 12.5. The molecule has 1 fully saturated rings. The molecule has 0 saturated carbocycles. The number of nitrogens with zero attached hydrogens (tertiary/aromatic N) is 2. The summed E-state index contributed by atoms with van der Waals surface area (Å²) in [5.41, 5.74) is 1.08. The fourth-order valence-corrected chi connectivity index (χ4v) is 3.94. The van der Waals surface area contributed by atoms with Gasteiger partial charge in [0.05, 0.1) is 16.8 Å². The van der Waals surface area contributed by atoms with Gasteiger partial charge in [0.2, 0.25) is 5.91 Å². The summed E-state index contributed by atoms with van der Waals surface area (Å²) in [5, 5.41) is 3.52. The monoisotopic (exact) mass is 423 g/mol. The Morgan fingerprint density at radius 2 is 2.00 bits per heavy atom. The number of nitrogens with one attached hydrogen (secondary N) is 1. The van der Waals surface area contributed by atoms with Crippen LogP contribution in [0.3, 0.4) is 0 Å². The summed E-state index contributed by atoms with van der Waals surface area (Å²) in [6.07, 6.45) is 4.70. The number of anilines is 1. The van der Waals surface area contributed by atoms with Crippen LogP contribution in [0.2, 0.25) is 10.0 Å². The summed E-state index contributed by atoms with van der Waals surface area (Å²) >= 11 is 18.6. The Kier molecular flexibility index (Phi) is 5.93. The zero-order chi connectivity index (χ0) is 18.7. The molecule has 0 unspecified atom stereocenters. The lowest BCUT2D eigenvalue weighted by atomic mass is 10.2. The molecule has 1 aliphatic heterocycles. The maximum atomic E-state index is 12.6. The van der Waals surface area contributed by atoms with Crippen LogP contribution < -0.4 is 5.32 Å². The van der Waals surface area contributed by atoms with Gasteiger partial charge >= 0.3 is 0 Å². The van der Waals surface area contributed by atoms with Gasteiger partial charge in [-0.2, -0.15) is 0 Å². The molecule has 0 radical (unpaired) electrons. The van der Waals surface area contributed by atoms with Crippen molar-refractivity contribution in [1.29, 1.82) is 0 Å². The number of thiocarbonyl (C=S) groups is 1. The lowest BCUT2D eigenvalue weighted by molar-refractivity contribution is -0.126. The maximum absolute atomic E-state index is 12.6. The first-order valence-electron chi connectivity index (χ1n) is 7.35. The third-order valence-corrected chi connectivity index (χ3v) is 5.43. The number of carbonyl (C=O) groups is 2. The highest BCUT2D eigenvalue weighted by Crippen LogP contribution is 2.35. The molecular formula is C17H11Cl2N3O2S2. The predicted molar refractivity (Wildman–Crippen MR) is 109 cm³/mol. The Labute approximate surface area is 169 Å². The van der Waals surface area contributed by atoms with Crippen LogP contribution in [0.4, 0.5) is 5.69 Å². The van der Waals surface area contributed by atoms with Crippen LogP contribution in [-0.4, -0.2) is 32.6 Å². The molecule has 0 bridgehead atoms. The fraction of sp³-hybridized carbons (Fsp3) is 0.0588. The number of carbonyl (C=O) groups excluding carboxylic acids is 2. The van der Waals surface area contributed by atoms with Gasteiger partial charge in [-0.15, -0.1) is 0 Å². The van der Waals surface area contributed by atoms with Gasteiger partial charge in [0.15, 0.2) is 0 Å². The minimum atomic E-state index is -0.369. The van der Waals surface area contributed by atoms with Crippen LogP contribution in [0.5, 0.6) is 0 Å². The van der Waals surface area contributed by atoms with E-state index < -0.39 is 0 Å². The SMILES string of the molecule is O=C(CN1C(=O)C(=Cc2c(Cl)cccc2Cl)SC1=S)Nc1cccnc1. The Morgan fingerprint density at radius 1 is 1.27 bits per heavy atom. The maximum Gasteiger partial charge on any atom is 0.266 e. The number of halogens is 2. The van der Waals surface area contributed by atoms with E-state index in [0.717, 1.165) is 11.8 Å². The van der Waals surface area contributed by atoms with Crippen LogP contribution in [0.1, 0.15) is 5.56 Å². The molecule has 1 aromatic carbocycles. The Bertz CT molecular complexity index is 899. The van der Waals surface area contributed by atoms with Gasteiger partial charge in [-0.3, -0.25) is 19.5 Å². The average Bonchev–Trinajstić information content (AvgIpc) is 2.86. The van der Waals surface area contributed by atoms with Crippen molar-refractivity contribution in [3.8, 4) is 0 Å². The molecule has 2 heterocycles. The Hall–Kier alpha value is -1.93. The molecule has 3 rings (SSSR count). The van der Waals surface area contributed by atoms with Crippen molar-refractivity contribution in [1.82, 2.24) is 9.88 Å². The van der Waals surface area contributed by atoms with Crippen molar-refractivity contribution in [2.75, 3.05) is 11.9 Å². The summed E-state index contributed by atoms with van der Waals surface area (Å²) in [6.45, 7) is -0.187. The van der Waals surface area contributed by atoms with E-state index in [0.29, 0.717) is 30.5 Å². The summed E-state index contributed by atoms with van der Waals surface area (Å²) in [4.78, 5) is 30.3. The molecule has 1 saturated heterocycles. The van der Waals surface area contributed by atoms with Crippen molar-refractivity contribution >= 4 is 75.1 Å². The highest BCUT2D eigenvalue weighted by Gasteiger charge is 2.33. The zero-order valence-electron chi connectivity index (χ0n) is 13.1.